The van der Waals surface area contributed by atoms with Crippen molar-refractivity contribution >= 4 is 23.4 Å². The highest BCUT2D eigenvalue weighted by Gasteiger charge is 2.44. The van der Waals surface area contributed by atoms with Crippen LogP contribution >= 0.6 is 0 Å². The molecule has 4 atom stereocenters. The number of carbonyl (C=O) groups excluding carboxylic acids is 2. The van der Waals surface area contributed by atoms with Crippen LogP contribution in [0.2, 0.25) is 0 Å². The van der Waals surface area contributed by atoms with E-state index in [1.165, 1.54) is 0 Å². The molecule has 0 saturated carbocycles. The molecule has 6 N–H and O–H groups in total. The summed E-state index contributed by atoms with van der Waals surface area (Å²) in [4.78, 5) is 31.9. The maximum Gasteiger partial charge on any atom is 0.374 e. The topological polar surface area (TPSA) is 174 Å². The van der Waals surface area contributed by atoms with E-state index in [1.54, 1.807) is 39.1 Å². The van der Waals surface area contributed by atoms with E-state index in [2.05, 4.69) is 20.9 Å². The summed E-state index contributed by atoms with van der Waals surface area (Å²) >= 11 is 0. The van der Waals surface area contributed by atoms with Crippen LogP contribution in [0, 0.1) is 0 Å². The van der Waals surface area contributed by atoms with Crippen LogP contribution in [-0.2, 0) is 27.3 Å². The summed E-state index contributed by atoms with van der Waals surface area (Å²) in [6.07, 6.45) is 6.85. The highest BCUT2D eigenvalue weighted by Crippen LogP contribution is 2.50. The van der Waals surface area contributed by atoms with Gasteiger partial charge in [-0.15, -0.1) is 0 Å². The van der Waals surface area contributed by atoms with E-state index in [0.29, 0.717) is 60.6 Å². The lowest BCUT2D eigenvalue weighted by Gasteiger charge is -2.35. The van der Waals surface area contributed by atoms with Gasteiger partial charge >= 0.3 is 5.97 Å². The van der Waals surface area contributed by atoms with Crippen molar-refractivity contribution in [3.63, 3.8) is 0 Å². The molecule has 1 aromatic carbocycles. The molecule has 4 aliphatic heterocycles. The van der Waals surface area contributed by atoms with Crippen LogP contribution in [0.3, 0.4) is 0 Å². The van der Waals surface area contributed by atoms with Crippen molar-refractivity contribution in [2.45, 2.75) is 77.3 Å². The number of amides is 1. The monoisotopic (exact) mass is 609 g/mol. The van der Waals surface area contributed by atoms with E-state index in [9.17, 15) is 14.7 Å². The van der Waals surface area contributed by atoms with Crippen molar-refractivity contribution in [1.82, 2.24) is 25.5 Å². The first-order valence-corrected chi connectivity index (χ1v) is 14.9. The van der Waals surface area contributed by atoms with Crippen LogP contribution in [0.15, 0.2) is 36.4 Å². The maximum absolute atomic E-state index is 12.9. The molecule has 0 spiro atoms. The van der Waals surface area contributed by atoms with Gasteiger partial charge in [-0.1, -0.05) is 13.0 Å². The summed E-state index contributed by atoms with van der Waals surface area (Å²) in [5.74, 6) is 1.44. The van der Waals surface area contributed by atoms with E-state index < -0.39 is 30.0 Å². The Morgan fingerprint density at radius 1 is 1.32 bits per heavy atom. The number of fused-ring (bicyclic) bond motifs is 3. The molecule has 1 aromatic heterocycles. The summed E-state index contributed by atoms with van der Waals surface area (Å²) in [7, 11) is 0. The molecule has 0 radical (unpaired) electrons. The van der Waals surface area contributed by atoms with Gasteiger partial charge in [0.25, 0.3) is 0 Å². The number of imidazole rings is 1. The zero-order valence-corrected chi connectivity index (χ0v) is 25.3. The van der Waals surface area contributed by atoms with Gasteiger partial charge < -0.3 is 38.8 Å². The van der Waals surface area contributed by atoms with E-state index in [0.717, 1.165) is 12.0 Å². The lowest BCUT2D eigenvalue weighted by molar-refractivity contribution is -0.141. The summed E-state index contributed by atoms with van der Waals surface area (Å²) in [6, 6.07) is 1.27. The number of benzene rings is 1. The van der Waals surface area contributed by atoms with E-state index >= 15 is 0 Å². The quantitative estimate of drug-likeness (QED) is 0.252. The predicted molar refractivity (Wildman–Crippen MR) is 160 cm³/mol. The maximum atomic E-state index is 12.9. The van der Waals surface area contributed by atoms with Crippen molar-refractivity contribution in [3.05, 3.63) is 47.5 Å². The molecular formula is C30H39N7O7. The summed E-state index contributed by atoms with van der Waals surface area (Å²) in [6.45, 7) is 8.58. The minimum absolute atomic E-state index is 0.0351. The fraction of sp³-hybridized carbons (Fsp3) is 0.500. The fourth-order valence-electron chi connectivity index (χ4n) is 5.84. The second-order valence-electron chi connectivity index (χ2n) is 11.6. The molecule has 4 unspecified atom stereocenters. The Morgan fingerprint density at radius 3 is 2.89 bits per heavy atom. The minimum Gasteiger partial charge on any atom is -0.492 e. The number of aromatic nitrogens is 2. The predicted octanol–water partition coefficient (Wildman–Crippen LogP) is 0.693. The molecule has 4 aliphatic rings. The van der Waals surface area contributed by atoms with Gasteiger partial charge in [-0.05, 0) is 38.8 Å². The number of hydrogen-bond donors (Lipinski definition) is 5. The third-order valence-electron chi connectivity index (χ3n) is 8.00. The standard InChI is InChI=1S/C30H39N7O7/c1-5-11-42-24-17-13-21(30(3,4)40)44-18(17)14-19-22(24)16(12-20(43-19)27(39)41-6-2)7-9-36-10-8-32-29(36)37-15-33-23-25(37)34-28(31)35-26(23)38/h7-8,10,12,14,21,23,25,28,33-34,40H,5-6,9,11,13,15,31H2,1-4H3,(H,35,38). The molecule has 2 saturated heterocycles. The summed E-state index contributed by atoms with van der Waals surface area (Å²) in [5, 5.41) is 19.8. The smallest absolute Gasteiger partial charge is 0.374 e. The van der Waals surface area contributed by atoms with Gasteiger partial charge in [0.2, 0.25) is 17.6 Å². The lowest BCUT2D eigenvalue weighted by Crippen LogP contribution is -2.70. The van der Waals surface area contributed by atoms with Crippen molar-refractivity contribution in [1.29, 1.82) is 0 Å². The van der Waals surface area contributed by atoms with Crippen LogP contribution in [0.4, 0.5) is 5.95 Å². The number of esters is 1. The molecule has 2 fully saturated rings. The number of anilines is 1. The normalized spacial score (nSPS) is 25.0. The van der Waals surface area contributed by atoms with Crippen LogP contribution < -0.4 is 40.8 Å². The molecule has 6 rings (SSSR count). The van der Waals surface area contributed by atoms with Gasteiger partial charge in [0.15, 0.2) is 0 Å². The minimum atomic E-state index is -1.09. The third kappa shape index (κ3) is 5.49. The Bertz CT molecular complexity index is 1510. The molecule has 14 nitrogen and oxygen atoms in total. The molecule has 2 aromatic rings. The second kappa shape index (κ2) is 11.8. The summed E-state index contributed by atoms with van der Waals surface area (Å²) < 4.78 is 25.8. The Labute approximate surface area is 255 Å². The van der Waals surface area contributed by atoms with Crippen molar-refractivity contribution in [2.24, 2.45) is 5.73 Å². The molecule has 1 amide bonds. The van der Waals surface area contributed by atoms with Crippen LogP contribution in [0.5, 0.6) is 17.2 Å². The Kier molecular flexibility index (Phi) is 8.01. The van der Waals surface area contributed by atoms with Gasteiger partial charge in [0, 0.05) is 37.0 Å². The van der Waals surface area contributed by atoms with Crippen LogP contribution in [0.25, 0.3) is 5.57 Å². The molecule has 0 bridgehead atoms. The molecule has 236 valence electrons. The number of hydrogen-bond acceptors (Lipinski definition) is 12. The zero-order valence-electron chi connectivity index (χ0n) is 25.3. The summed E-state index contributed by atoms with van der Waals surface area (Å²) in [5.41, 5.74) is 7.12. The van der Waals surface area contributed by atoms with Crippen molar-refractivity contribution in [3.8, 4) is 17.2 Å². The first kappa shape index (κ1) is 29.9. The third-order valence-corrected chi connectivity index (χ3v) is 8.00. The SMILES string of the molecule is CCCOc1c2c(cc3c1C(=CCn1ccnc1N1CNC4C(=O)NC(N)NC41)C=C(C(=O)OCC)O3)OC(C(C)(C)O)C2. The number of aliphatic hydroxyl groups is 1. The number of rotatable bonds is 9. The first-order valence-electron chi connectivity index (χ1n) is 14.9. The average Bonchev–Trinajstić information content (AvgIpc) is 3.72. The van der Waals surface area contributed by atoms with Crippen molar-refractivity contribution < 1.29 is 33.6 Å². The van der Waals surface area contributed by atoms with E-state index in [1.807, 2.05) is 28.7 Å². The molecule has 0 aliphatic carbocycles. The first-order chi connectivity index (χ1) is 21.1. The van der Waals surface area contributed by atoms with Gasteiger partial charge in [0.1, 0.15) is 41.8 Å². The number of carbonyl (C=O) groups is 2. The second-order valence-corrected chi connectivity index (χ2v) is 11.6. The molecule has 14 heteroatoms. The molecular weight excluding hydrogens is 570 g/mol. The van der Waals surface area contributed by atoms with Gasteiger partial charge in [-0.3, -0.25) is 21.2 Å². The number of nitrogens with zero attached hydrogens (tertiary/aromatic N) is 3. The molecule has 5 heterocycles. The van der Waals surface area contributed by atoms with E-state index in [4.69, 9.17) is 24.7 Å². The Morgan fingerprint density at radius 2 is 2.14 bits per heavy atom. The van der Waals surface area contributed by atoms with Crippen molar-refractivity contribution in [2.75, 3.05) is 24.8 Å². The van der Waals surface area contributed by atoms with Gasteiger partial charge in [-0.2, -0.15) is 0 Å². The van der Waals surface area contributed by atoms with Gasteiger partial charge in [0.05, 0.1) is 31.0 Å². The average molecular weight is 610 g/mol. The number of nitrogens with one attached hydrogen (secondary N) is 3. The largest absolute Gasteiger partial charge is 0.492 e. The highest BCUT2D eigenvalue weighted by molar-refractivity contribution is 5.96. The Balaban J connectivity index is 1.39. The number of nitrogens with two attached hydrogens (primary N) is 1. The van der Waals surface area contributed by atoms with E-state index in [-0.39, 0.29) is 24.4 Å². The fourth-order valence-corrected chi connectivity index (χ4v) is 5.84. The number of ether oxygens (including phenoxy) is 4. The van der Waals surface area contributed by atoms with Crippen LogP contribution in [0.1, 0.15) is 45.2 Å². The highest BCUT2D eigenvalue weighted by atomic mass is 16.6. The molecule has 44 heavy (non-hydrogen) atoms. The zero-order chi connectivity index (χ0) is 31.2. The van der Waals surface area contributed by atoms with Crippen LogP contribution in [-0.4, -0.2) is 76.6 Å². The van der Waals surface area contributed by atoms with Gasteiger partial charge in [-0.25, -0.2) is 9.78 Å². The number of allylic oxidation sites excluding steroid dienone is 3. The Hall–Kier alpha value is -4.11. The lowest BCUT2D eigenvalue weighted by atomic mass is 9.92.